The molecule has 0 saturated carbocycles. The molecule has 1 aromatic heterocycles. The Morgan fingerprint density at radius 1 is 1.06 bits per heavy atom. The average Bonchev–Trinajstić information content (AvgIpc) is 2.32. The van der Waals surface area contributed by atoms with E-state index in [9.17, 15) is 4.39 Å². The summed E-state index contributed by atoms with van der Waals surface area (Å²) in [7, 11) is 0. The predicted molar refractivity (Wildman–Crippen MR) is 65.9 cm³/mol. The number of hydrogen-bond acceptors (Lipinski definition) is 2. The molecule has 0 aliphatic carbocycles. The molecule has 0 spiro atoms. The number of aromatic nitrogens is 1. The maximum absolute atomic E-state index is 13.3. The lowest BCUT2D eigenvalue weighted by atomic mass is 10.2. The summed E-state index contributed by atoms with van der Waals surface area (Å²) in [5.41, 5.74) is 2.65. The van der Waals surface area contributed by atoms with E-state index in [2.05, 4.69) is 10.3 Å². The minimum Gasteiger partial charge on any atom is -0.307 e. The molecule has 0 aliphatic rings. The van der Waals surface area contributed by atoms with Crippen LogP contribution in [0, 0.1) is 12.7 Å². The highest BCUT2D eigenvalue weighted by atomic mass is 19.1. The molecule has 0 bridgehead atoms. The van der Waals surface area contributed by atoms with E-state index < -0.39 is 0 Å². The summed E-state index contributed by atoms with van der Waals surface area (Å²) in [5, 5.41) is 3.18. The third-order valence-electron chi connectivity index (χ3n) is 2.53. The van der Waals surface area contributed by atoms with Gasteiger partial charge in [0.1, 0.15) is 5.82 Å². The van der Waals surface area contributed by atoms with E-state index in [0.29, 0.717) is 18.7 Å². The highest BCUT2D eigenvalue weighted by Crippen LogP contribution is 2.06. The van der Waals surface area contributed by atoms with Gasteiger partial charge in [-0.15, -0.1) is 0 Å². The Bertz CT molecular complexity index is 497. The Balaban J connectivity index is 1.90. The number of nitrogens with one attached hydrogen (secondary N) is 1. The van der Waals surface area contributed by atoms with Crippen LogP contribution in [-0.2, 0) is 13.1 Å². The van der Waals surface area contributed by atoms with Crippen molar-refractivity contribution in [1.29, 1.82) is 0 Å². The second kappa shape index (κ2) is 5.55. The first-order valence-electron chi connectivity index (χ1n) is 5.62. The van der Waals surface area contributed by atoms with Crippen LogP contribution in [-0.4, -0.2) is 4.98 Å². The van der Waals surface area contributed by atoms with E-state index in [4.69, 9.17) is 0 Å². The van der Waals surface area contributed by atoms with E-state index in [-0.39, 0.29) is 5.82 Å². The van der Waals surface area contributed by atoms with E-state index in [1.54, 1.807) is 12.1 Å². The van der Waals surface area contributed by atoms with Crippen LogP contribution in [0.2, 0.25) is 0 Å². The van der Waals surface area contributed by atoms with Gasteiger partial charge in [-0.25, -0.2) is 4.39 Å². The summed E-state index contributed by atoms with van der Waals surface area (Å²) in [4.78, 5) is 4.37. The Hall–Kier alpha value is -1.74. The molecule has 17 heavy (non-hydrogen) atoms. The zero-order valence-corrected chi connectivity index (χ0v) is 9.78. The van der Waals surface area contributed by atoms with Crippen molar-refractivity contribution in [3.8, 4) is 0 Å². The van der Waals surface area contributed by atoms with Crippen molar-refractivity contribution in [1.82, 2.24) is 10.3 Å². The first kappa shape index (κ1) is 11.7. The van der Waals surface area contributed by atoms with E-state index >= 15 is 0 Å². The topological polar surface area (TPSA) is 24.9 Å². The SMILES string of the molecule is Cc1cccc(CNCc2ccccc2F)n1. The molecule has 2 aromatic rings. The number of nitrogens with zero attached hydrogens (tertiary/aromatic N) is 1. The van der Waals surface area contributed by atoms with Gasteiger partial charge in [0.2, 0.25) is 0 Å². The Labute approximate surface area is 101 Å². The smallest absolute Gasteiger partial charge is 0.127 e. The first-order valence-corrected chi connectivity index (χ1v) is 5.62. The lowest BCUT2D eigenvalue weighted by molar-refractivity contribution is 0.585. The normalized spacial score (nSPS) is 10.5. The molecule has 3 heteroatoms. The molecular formula is C14H15FN2. The van der Waals surface area contributed by atoms with Gasteiger partial charge in [-0.2, -0.15) is 0 Å². The second-order valence-corrected chi connectivity index (χ2v) is 3.97. The molecule has 0 aliphatic heterocycles. The van der Waals surface area contributed by atoms with Crippen LogP contribution in [0.3, 0.4) is 0 Å². The van der Waals surface area contributed by atoms with Crippen LogP contribution in [0.15, 0.2) is 42.5 Å². The van der Waals surface area contributed by atoms with Crippen LogP contribution in [0.4, 0.5) is 4.39 Å². The van der Waals surface area contributed by atoms with Crippen LogP contribution >= 0.6 is 0 Å². The van der Waals surface area contributed by atoms with Crippen molar-refractivity contribution in [3.05, 3.63) is 65.2 Å². The maximum atomic E-state index is 13.3. The molecule has 0 fully saturated rings. The van der Waals surface area contributed by atoms with Gasteiger partial charge in [-0.3, -0.25) is 4.98 Å². The number of pyridine rings is 1. The molecule has 0 saturated heterocycles. The van der Waals surface area contributed by atoms with E-state index in [1.165, 1.54) is 6.07 Å². The van der Waals surface area contributed by atoms with Crippen LogP contribution in [0.25, 0.3) is 0 Å². The lowest BCUT2D eigenvalue weighted by Crippen LogP contribution is -2.14. The van der Waals surface area contributed by atoms with Gasteiger partial charge in [0, 0.05) is 24.3 Å². The molecular weight excluding hydrogens is 215 g/mol. The number of aryl methyl sites for hydroxylation is 1. The third kappa shape index (κ3) is 3.36. The van der Waals surface area contributed by atoms with Crippen molar-refractivity contribution in [2.75, 3.05) is 0 Å². The van der Waals surface area contributed by atoms with Crippen LogP contribution < -0.4 is 5.32 Å². The molecule has 0 amide bonds. The lowest BCUT2D eigenvalue weighted by Gasteiger charge is -2.06. The number of hydrogen-bond donors (Lipinski definition) is 1. The van der Waals surface area contributed by atoms with Crippen LogP contribution in [0.1, 0.15) is 17.0 Å². The van der Waals surface area contributed by atoms with Gasteiger partial charge in [-0.05, 0) is 25.1 Å². The zero-order valence-electron chi connectivity index (χ0n) is 9.78. The monoisotopic (exact) mass is 230 g/mol. The summed E-state index contributed by atoms with van der Waals surface area (Å²) in [5.74, 6) is -0.169. The van der Waals surface area contributed by atoms with Gasteiger partial charge in [0.05, 0.1) is 5.69 Å². The summed E-state index contributed by atoms with van der Waals surface area (Å²) < 4.78 is 13.3. The molecule has 0 atom stereocenters. The molecule has 1 N–H and O–H groups in total. The molecule has 0 unspecified atom stereocenters. The fraction of sp³-hybridized carbons (Fsp3) is 0.214. The highest BCUT2D eigenvalue weighted by molar-refractivity contribution is 5.17. The largest absolute Gasteiger partial charge is 0.307 e. The summed E-state index contributed by atoms with van der Waals surface area (Å²) >= 11 is 0. The van der Waals surface area contributed by atoms with Crippen molar-refractivity contribution in [2.24, 2.45) is 0 Å². The molecule has 0 radical (unpaired) electrons. The van der Waals surface area contributed by atoms with Gasteiger partial charge in [0.25, 0.3) is 0 Å². The van der Waals surface area contributed by atoms with Crippen molar-refractivity contribution in [3.63, 3.8) is 0 Å². The summed E-state index contributed by atoms with van der Waals surface area (Å²) in [6.45, 7) is 3.12. The van der Waals surface area contributed by atoms with Crippen molar-refractivity contribution < 1.29 is 4.39 Å². The molecule has 2 nitrogen and oxygen atoms in total. The zero-order chi connectivity index (χ0) is 12.1. The predicted octanol–water partition coefficient (Wildman–Crippen LogP) is 2.82. The quantitative estimate of drug-likeness (QED) is 0.873. The minimum atomic E-state index is -0.169. The maximum Gasteiger partial charge on any atom is 0.127 e. The summed E-state index contributed by atoms with van der Waals surface area (Å²) in [6.07, 6.45) is 0. The van der Waals surface area contributed by atoms with E-state index in [0.717, 1.165) is 11.4 Å². The highest BCUT2D eigenvalue weighted by Gasteiger charge is 2.00. The van der Waals surface area contributed by atoms with Crippen LogP contribution in [0.5, 0.6) is 0 Å². The van der Waals surface area contributed by atoms with E-state index in [1.807, 2.05) is 31.2 Å². The Morgan fingerprint density at radius 3 is 2.65 bits per heavy atom. The molecule has 88 valence electrons. The standard InChI is InChI=1S/C14H15FN2/c1-11-5-4-7-13(17-11)10-16-9-12-6-2-3-8-14(12)15/h2-8,16H,9-10H2,1H3. The molecule has 1 heterocycles. The summed E-state index contributed by atoms with van der Waals surface area (Å²) in [6, 6.07) is 12.7. The fourth-order valence-electron chi connectivity index (χ4n) is 1.66. The number of rotatable bonds is 4. The van der Waals surface area contributed by atoms with Crippen molar-refractivity contribution >= 4 is 0 Å². The van der Waals surface area contributed by atoms with Gasteiger partial charge >= 0.3 is 0 Å². The first-order chi connectivity index (χ1) is 8.25. The van der Waals surface area contributed by atoms with Crippen molar-refractivity contribution in [2.45, 2.75) is 20.0 Å². The Morgan fingerprint density at radius 2 is 1.88 bits per heavy atom. The van der Waals surface area contributed by atoms with Gasteiger partial charge in [-0.1, -0.05) is 24.3 Å². The molecule has 1 aromatic carbocycles. The second-order valence-electron chi connectivity index (χ2n) is 3.97. The number of halogens is 1. The van der Waals surface area contributed by atoms with Gasteiger partial charge < -0.3 is 5.32 Å². The number of benzene rings is 1. The average molecular weight is 230 g/mol. The minimum absolute atomic E-state index is 0.169. The molecule has 2 rings (SSSR count). The fourth-order valence-corrected chi connectivity index (χ4v) is 1.66. The third-order valence-corrected chi connectivity index (χ3v) is 2.53. The Kier molecular flexibility index (Phi) is 3.83. The van der Waals surface area contributed by atoms with Gasteiger partial charge in [0.15, 0.2) is 0 Å².